The van der Waals surface area contributed by atoms with Crippen molar-refractivity contribution >= 4 is 29.8 Å². The third-order valence-corrected chi connectivity index (χ3v) is 4.38. The highest BCUT2D eigenvalue weighted by atomic mass is 16.7. The molecule has 31 heavy (non-hydrogen) atoms. The van der Waals surface area contributed by atoms with Crippen molar-refractivity contribution in [2.75, 3.05) is 13.2 Å². The summed E-state index contributed by atoms with van der Waals surface area (Å²) in [5.41, 5.74) is 0. The zero-order valence-electron chi connectivity index (χ0n) is 20.6. The van der Waals surface area contributed by atoms with Crippen molar-refractivity contribution in [2.24, 2.45) is 0 Å². The van der Waals surface area contributed by atoms with Crippen LogP contribution < -0.4 is 5.32 Å². The average Bonchev–Trinajstić information content (AvgIpc) is 3.40. The lowest BCUT2D eigenvalue weighted by atomic mass is 9.98. The van der Waals surface area contributed by atoms with Gasteiger partial charge in [0.1, 0.15) is 18.8 Å². The van der Waals surface area contributed by atoms with Crippen LogP contribution in [0.15, 0.2) is 0 Å². The molecule has 0 saturated carbocycles. The maximum Gasteiger partial charge on any atom is 0.325 e. The smallest absolute Gasteiger partial charge is 0.325 e. The number of carbonyl (C=O) groups excluding carboxylic acids is 5. The molecule has 1 unspecified atom stereocenters. The van der Waals surface area contributed by atoms with E-state index in [0.29, 0.717) is 19.4 Å². The van der Waals surface area contributed by atoms with E-state index in [-0.39, 0.29) is 0 Å². The first kappa shape index (κ1) is 19.0. The van der Waals surface area contributed by atoms with E-state index in [2.05, 4.69) is 5.32 Å². The Kier molecular flexibility index (Phi) is 6.77. The van der Waals surface area contributed by atoms with Gasteiger partial charge >= 0.3 is 29.8 Å². The van der Waals surface area contributed by atoms with Crippen LogP contribution in [0.2, 0.25) is 0 Å². The minimum Gasteiger partial charge on any atom is -0.463 e. The highest BCUT2D eigenvalue weighted by Crippen LogP contribution is 2.30. The summed E-state index contributed by atoms with van der Waals surface area (Å²) in [6.07, 6.45) is -7.08. The van der Waals surface area contributed by atoms with Crippen molar-refractivity contribution in [2.45, 2.75) is 77.2 Å². The van der Waals surface area contributed by atoms with Gasteiger partial charge in [-0.25, -0.2) is 0 Å². The van der Waals surface area contributed by atoms with Gasteiger partial charge in [0.25, 0.3) is 0 Å². The van der Waals surface area contributed by atoms with Crippen LogP contribution in [-0.2, 0) is 52.4 Å². The van der Waals surface area contributed by atoms with Crippen molar-refractivity contribution in [1.29, 1.82) is 0 Å². The summed E-state index contributed by atoms with van der Waals surface area (Å²) < 4.78 is 60.1. The SMILES string of the molecule is [2H]CC(=O)OC[C@H]1OC(OC(=O)[C@@H]2CCCN2)[C@H](OC(=O)C[2H])[C@@H](OC(=O)C[2H])[C@H]1OC(=O)C[2H]. The van der Waals surface area contributed by atoms with Gasteiger partial charge in [-0.05, 0) is 19.4 Å². The van der Waals surface area contributed by atoms with Crippen molar-refractivity contribution in [3.63, 3.8) is 0 Å². The maximum absolute atomic E-state index is 12.6. The van der Waals surface area contributed by atoms with E-state index in [1.165, 1.54) is 0 Å². The summed E-state index contributed by atoms with van der Waals surface area (Å²) in [4.78, 5) is 60.1. The fraction of sp³-hybridized carbons (Fsp3) is 0.737. The Labute approximate surface area is 184 Å². The van der Waals surface area contributed by atoms with Gasteiger partial charge in [0.05, 0.1) is 0 Å². The van der Waals surface area contributed by atoms with Crippen molar-refractivity contribution in [3.05, 3.63) is 0 Å². The molecule has 12 heteroatoms. The average molecular weight is 449 g/mol. The summed E-state index contributed by atoms with van der Waals surface area (Å²) >= 11 is 0. The van der Waals surface area contributed by atoms with E-state index in [1.54, 1.807) is 0 Å². The number of hydrogen-bond acceptors (Lipinski definition) is 12. The Morgan fingerprint density at radius 2 is 1.48 bits per heavy atom. The Balaban J connectivity index is 2.43. The van der Waals surface area contributed by atoms with E-state index >= 15 is 0 Å². The quantitative estimate of drug-likeness (QED) is 0.389. The van der Waals surface area contributed by atoms with E-state index in [1.807, 2.05) is 0 Å². The van der Waals surface area contributed by atoms with E-state index < -0.39 is 101 Å². The number of ether oxygens (including phenoxy) is 6. The van der Waals surface area contributed by atoms with Crippen LogP contribution in [0.25, 0.3) is 0 Å². The highest BCUT2D eigenvalue weighted by molar-refractivity contribution is 5.76. The molecule has 0 aromatic carbocycles. The third kappa shape index (κ3) is 7.17. The molecule has 2 fully saturated rings. The molecule has 2 aliphatic heterocycles. The van der Waals surface area contributed by atoms with Gasteiger partial charge in [-0.1, -0.05) is 0 Å². The molecular weight excluding hydrogens is 418 g/mol. The Bertz CT molecular complexity index is 780. The zero-order chi connectivity index (χ0) is 26.0. The lowest BCUT2D eigenvalue weighted by Crippen LogP contribution is -2.63. The predicted molar refractivity (Wildman–Crippen MR) is 99.1 cm³/mol. The van der Waals surface area contributed by atoms with E-state index in [4.69, 9.17) is 33.9 Å². The Morgan fingerprint density at radius 3 is 2.06 bits per heavy atom. The first-order chi connectivity index (χ1) is 16.7. The molecule has 0 aromatic heterocycles. The van der Waals surface area contributed by atoms with Gasteiger partial charge in [-0.2, -0.15) is 0 Å². The Morgan fingerprint density at radius 1 is 0.871 bits per heavy atom. The van der Waals surface area contributed by atoms with Crippen LogP contribution in [0.1, 0.15) is 45.9 Å². The van der Waals surface area contributed by atoms with Crippen LogP contribution in [0.4, 0.5) is 0 Å². The summed E-state index contributed by atoms with van der Waals surface area (Å²) in [6.45, 7) is -3.40. The molecule has 2 heterocycles. The summed E-state index contributed by atoms with van der Waals surface area (Å²) in [6, 6.07) is -0.696. The second-order valence-corrected chi connectivity index (χ2v) is 6.68. The van der Waals surface area contributed by atoms with Gasteiger partial charge in [-0.15, -0.1) is 0 Å². The minimum atomic E-state index is -1.74. The second-order valence-electron chi connectivity index (χ2n) is 6.68. The topological polar surface area (TPSA) is 153 Å². The monoisotopic (exact) mass is 449 g/mol. The van der Waals surface area contributed by atoms with Crippen LogP contribution >= 0.6 is 0 Å². The normalized spacial score (nSPS) is 31.7. The Hall–Kier alpha value is -2.73. The van der Waals surface area contributed by atoms with Crippen molar-refractivity contribution in [3.8, 4) is 0 Å². The lowest BCUT2D eigenvalue weighted by molar-refractivity contribution is -0.301. The standard InChI is InChI=1S/C19H27NO11/c1-9(21)26-8-14-15(27-10(2)22)16(28-11(3)23)17(29-12(4)24)19(30-14)31-18(25)13-6-5-7-20-13/h13-17,19-20H,5-8H2,1-4H3/t13-,14+,15-,16-,17+,19?/m0/s1/i1D,2D,3D,4D. The number of rotatable bonds is 7. The van der Waals surface area contributed by atoms with Gasteiger partial charge in [0.2, 0.25) is 12.4 Å². The summed E-state index contributed by atoms with van der Waals surface area (Å²) in [7, 11) is 0. The summed E-state index contributed by atoms with van der Waals surface area (Å²) in [5.74, 6) is -5.09. The van der Waals surface area contributed by atoms with Crippen LogP contribution in [0, 0.1) is 0 Å². The maximum atomic E-state index is 12.6. The molecule has 2 rings (SSSR count). The molecule has 1 N–H and O–H groups in total. The minimum absolute atomic E-state index is 0.453. The zero-order valence-corrected chi connectivity index (χ0v) is 16.6. The second kappa shape index (κ2) is 11.0. The van der Waals surface area contributed by atoms with Crippen molar-refractivity contribution in [1.82, 2.24) is 5.32 Å². The lowest BCUT2D eigenvalue weighted by Gasteiger charge is -2.43. The van der Waals surface area contributed by atoms with Gasteiger partial charge in [0.15, 0.2) is 12.2 Å². The van der Waals surface area contributed by atoms with E-state index in [9.17, 15) is 24.0 Å². The van der Waals surface area contributed by atoms with Crippen molar-refractivity contribution < 1.29 is 57.9 Å². The fourth-order valence-corrected chi connectivity index (χ4v) is 3.22. The molecule has 0 aliphatic carbocycles. The fourth-order valence-electron chi connectivity index (χ4n) is 3.22. The molecule has 6 atom stereocenters. The molecule has 2 aliphatic rings. The van der Waals surface area contributed by atoms with Crippen LogP contribution in [0.5, 0.6) is 0 Å². The molecule has 0 radical (unpaired) electrons. The molecule has 174 valence electrons. The van der Waals surface area contributed by atoms with Gasteiger partial charge < -0.3 is 33.7 Å². The molecular formula is C19H27NO11. The molecule has 0 amide bonds. The number of nitrogens with one attached hydrogen (secondary N) is 1. The third-order valence-electron chi connectivity index (χ3n) is 4.38. The van der Waals surface area contributed by atoms with Gasteiger partial charge in [0, 0.05) is 33.1 Å². The highest BCUT2D eigenvalue weighted by Gasteiger charge is 2.54. The predicted octanol–water partition coefficient (Wildman–Crippen LogP) is -0.635. The number of carbonyl (C=O) groups is 5. The first-order valence-corrected chi connectivity index (χ1v) is 9.24. The molecule has 0 bridgehead atoms. The molecule has 0 spiro atoms. The number of esters is 5. The summed E-state index contributed by atoms with van der Waals surface area (Å²) in [5, 5.41) is 2.91. The largest absolute Gasteiger partial charge is 0.463 e. The molecule has 2 saturated heterocycles. The van der Waals surface area contributed by atoms with E-state index in [0.717, 1.165) is 0 Å². The van der Waals surface area contributed by atoms with Gasteiger partial charge in [-0.3, -0.25) is 24.0 Å². The molecule has 0 aromatic rings. The first-order valence-electron chi connectivity index (χ1n) is 12.1. The van der Waals surface area contributed by atoms with Crippen LogP contribution in [0.3, 0.4) is 0 Å². The van der Waals surface area contributed by atoms with Crippen LogP contribution in [-0.4, -0.2) is 79.7 Å². The number of hydrogen-bond donors (Lipinski definition) is 1. The molecule has 12 nitrogen and oxygen atoms in total.